The molecule has 3 atom stereocenters. The number of fused-ring (bicyclic) bond motifs is 1. The molecule has 0 radical (unpaired) electrons. The molecule has 4 nitrogen and oxygen atoms in total. The topological polar surface area (TPSA) is 54.0 Å². The highest BCUT2D eigenvalue weighted by atomic mass is 35.5. The number of benzene rings is 1. The van der Waals surface area contributed by atoms with Crippen LogP contribution in [-0.2, 0) is 0 Å². The van der Waals surface area contributed by atoms with Gasteiger partial charge in [0.25, 0.3) is 5.91 Å². The maximum atomic E-state index is 13.0. The fourth-order valence-corrected chi connectivity index (χ4v) is 4.73. The number of nitrogens with one attached hydrogen (secondary N) is 2. The third kappa shape index (κ3) is 3.93. The fraction of sp³-hybridized carbons (Fsp3) is 0.429. The Bertz CT molecular complexity index is 799. The van der Waals surface area contributed by atoms with Gasteiger partial charge in [0.2, 0.25) is 0 Å². The number of amides is 1. The lowest BCUT2D eigenvalue weighted by Crippen LogP contribution is -2.38. The van der Waals surface area contributed by atoms with Crippen molar-refractivity contribution in [1.29, 1.82) is 0 Å². The number of rotatable bonds is 6. The van der Waals surface area contributed by atoms with Crippen LogP contribution in [0, 0.1) is 23.6 Å². The van der Waals surface area contributed by atoms with Crippen molar-refractivity contribution in [2.24, 2.45) is 17.8 Å². The first-order valence-electron chi connectivity index (χ1n) is 9.49. The number of anilines is 1. The maximum absolute atomic E-state index is 13.0. The summed E-state index contributed by atoms with van der Waals surface area (Å²) in [7, 11) is 0. The first-order valence-corrected chi connectivity index (χ1v) is 9.87. The van der Waals surface area contributed by atoms with E-state index in [1.807, 2.05) is 0 Å². The van der Waals surface area contributed by atoms with Crippen molar-refractivity contribution >= 4 is 23.3 Å². The summed E-state index contributed by atoms with van der Waals surface area (Å²) in [4.78, 5) is 16.6. The van der Waals surface area contributed by atoms with Gasteiger partial charge in [0.05, 0.1) is 6.20 Å². The molecule has 2 fully saturated rings. The van der Waals surface area contributed by atoms with Crippen molar-refractivity contribution in [3.05, 3.63) is 59.0 Å². The van der Waals surface area contributed by atoms with Crippen molar-refractivity contribution in [2.75, 3.05) is 5.32 Å². The van der Waals surface area contributed by atoms with Gasteiger partial charge in [-0.05, 0) is 73.4 Å². The van der Waals surface area contributed by atoms with Gasteiger partial charge < -0.3 is 10.6 Å². The van der Waals surface area contributed by atoms with Crippen LogP contribution in [0.3, 0.4) is 0 Å². The predicted octanol–water partition coefficient (Wildman–Crippen LogP) is 4.52. The molecule has 2 N–H and O–H groups in total. The summed E-state index contributed by atoms with van der Waals surface area (Å²) < 4.78 is 13.0. The van der Waals surface area contributed by atoms with E-state index in [1.54, 1.807) is 30.3 Å². The second-order valence-corrected chi connectivity index (χ2v) is 8.01. The zero-order valence-corrected chi connectivity index (χ0v) is 15.9. The largest absolute Gasteiger partial charge is 0.367 e. The third-order valence-corrected chi connectivity index (χ3v) is 6.17. The van der Waals surface area contributed by atoms with Gasteiger partial charge in [-0.25, -0.2) is 9.37 Å². The lowest BCUT2D eigenvalue weighted by atomic mass is 9.99. The summed E-state index contributed by atoms with van der Waals surface area (Å²) in [5.41, 5.74) is 0.644. The zero-order chi connectivity index (χ0) is 19.0. The van der Waals surface area contributed by atoms with E-state index in [9.17, 15) is 9.18 Å². The summed E-state index contributed by atoms with van der Waals surface area (Å²) >= 11 is 5.89. The Labute approximate surface area is 163 Å². The van der Waals surface area contributed by atoms with E-state index in [4.69, 9.17) is 11.6 Å². The van der Waals surface area contributed by atoms with Crippen LogP contribution in [-0.4, -0.2) is 23.0 Å². The molecule has 2 aromatic rings. The van der Waals surface area contributed by atoms with Gasteiger partial charge in [-0.1, -0.05) is 18.5 Å². The van der Waals surface area contributed by atoms with Crippen LogP contribution in [0.4, 0.5) is 10.2 Å². The Morgan fingerprint density at radius 3 is 2.52 bits per heavy atom. The number of hydrogen-bond acceptors (Lipinski definition) is 3. The summed E-state index contributed by atoms with van der Waals surface area (Å²) in [6.07, 6.45) is 4.30. The van der Waals surface area contributed by atoms with Crippen LogP contribution in [0.15, 0.2) is 42.6 Å². The van der Waals surface area contributed by atoms with Crippen LogP contribution in [0.25, 0.3) is 0 Å². The lowest BCUT2D eigenvalue weighted by molar-refractivity contribution is 0.0927. The molecule has 0 saturated heterocycles. The van der Waals surface area contributed by atoms with Gasteiger partial charge in [-0.3, -0.25) is 4.79 Å². The Morgan fingerprint density at radius 1 is 1.22 bits per heavy atom. The van der Waals surface area contributed by atoms with Crippen molar-refractivity contribution in [1.82, 2.24) is 10.3 Å². The summed E-state index contributed by atoms with van der Waals surface area (Å²) in [5.74, 6) is 2.19. The molecule has 0 spiro atoms. The summed E-state index contributed by atoms with van der Waals surface area (Å²) in [6, 6.07) is 10.7. The van der Waals surface area contributed by atoms with E-state index in [0.29, 0.717) is 34.4 Å². The average molecular weight is 388 g/mol. The molecule has 2 saturated carbocycles. The monoisotopic (exact) mass is 387 g/mol. The third-order valence-electron chi connectivity index (χ3n) is 5.92. The predicted molar refractivity (Wildman–Crippen MR) is 104 cm³/mol. The van der Waals surface area contributed by atoms with Gasteiger partial charge in [-0.15, -0.1) is 0 Å². The summed E-state index contributed by atoms with van der Waals surface area (Å²) in [5, 5.41) is 7.24. The maximum Gasteiger partial charge on any atom is 0.251 e. The minimum absolute atomic E-state index is 0.0336. The number of nitrogens with zero attached hydrogens (tertiary/aromatic N) is 1. The molecular weight excluding hydrogens is 365 g/mol. The highest BCUT2D eigenvalue weighted by molar-refractivity contribution is 6.30. The number of carbonyl (C=O) groups is 1. The molecule has 27 heavy (non-hydrogen) atoms. The molecule has 4 rings (SSSR count). The first kappa shape index (κ1) is 18.2. The standard InChI is InChI=1S/C21H23ClFN3O/c1-2-18(26-21(27)12-3-5-13(22)6-4-12)20-16-9-15(10-17(16)20)25-19-8-7-14(23)11-24-19/h3-8,11,15-18,20H,2,9-10H2,1H3,(H,24,25)(H,26,27). The van der Waals surface area contributed by atoms with Crippen molar-refractivity contribution in [2.45, 2.75) is 38.3 Å². The zero-order valence-electron chi connectivity index (χ0n) is 15.2. The van der Waals surface area contributed by atoms with E-state index in [1.165, 1.54) is 12.3 Å². The number of carbonyl (C=O) groups excluding carboxylic acids is 1. The fourth-order valence-electron chi connectivity index (χ4n) is 4.60. The quantitative estimate of drug-likeness (QED) is 0.766. The summed E-state index contributed by atoms with van der Waals surface area (Å²) in [6.45, 7) is 2.12. The van der Waals surface area contributed by atoms with Crippen LogP contribution < -0.4 is 10.6 Å². The molecule has 1 aromatic heterocycles. The van der Waals surface area contributed by atoms with Gasteiger partial charge in [-0.2, -0.15) is 0 Å². The normalized spacial score (nSPS) is 26.9. The van der Waals surface area contributed by atoms with Crippen LogP contribution in [0.5, 0.6) is 0 Å². The van der Waals surface area contributed by atoms with Crippen LogP contribution >= 0.6 is 11.6 Å². The number of halogens is 2. The Hall–Kier alpha value is -2.14. The lowest BCUT2D eigenvalue weighted by Gasteiger charge is -2.22. The highest BCUT2D eigenvalue weighted by Gasteiger charge is 2.58. The molecule has 0 aliphatic heterocycles. The second-order valence-electron chi connectivity index (χ2n) is 7.57. The second kappa shape index (κ2) is 7.47. The van der Waals surface area contributed by atoms with E-state index in [0.717, 1.165) is 25.1 Å². The van der Waals surface area contributed by atoms with E-state index < -0.39 is 0 Å². The SMILES string of the molecule is CCC(NC(=O)c1ccc(Cl)cc1)C1C2CC(Nc3ccc(F)cn3)CC21. The Balaban J connectivity index is 1.31. The number of aromatic nitrogens is 1. The molecule has 2 aliphatic carbocycles. The van der Waals surface area contributed by atoms with Crippen molar-refractivity contribution in [3.8, 4) is 0 Å². The average Bonchev–Trinajstić information content (AvgIpc) is 3.16. The molecule has 142 valence electrons. The first-order chi connectivity index (χ1) is 13.0. The Kier molecular flexibility index (Phi) is 5.04. The van der Waals surface area contributed by atoms with Crippen molar-refractivity contribution < 1.29 is 9.18 Å². The number of pyridine rings is 1. The van der Waals surface area contributed by atoms with Crippen molar-refractivity contribution in [3.63, 3.8) is 0 Å². The van der Waals surface area contributed by atoms with Gasteiger partial charge in [0.15, 0.2) is 0 Å². The molecule has 0 bridgehead atoms. The molecule has 2 aliphatic rings. The van der Waals surface area contributed by atoms with E-state index in [-0.39, 0.29) is 17.8 Å². The van der Waals surface area contributed by atoms with Gasteiger partial charge >= 0.3 is 0 Å². The molecule has 1 heterocycles. The molecule has 1 amide bonds. The van der Waals surface area contributed by atoms with Crippen LogP contribution in [0.2, 0.25) is 5.02 Å². The smallest absolute Gasteiger partial charge is 0.251 e. The molecular formula is C21H23ClFN3O. The molecule has 6 heteroatoms. The highest BCUT2D eigenvalue weighted by Crippen LogP contribution is 2.59. The van der Waals surface area contributed by atoms with E-state index in [2.05, 4.69) is 22.5 Å². The minimum Gasteiger partial charge on any atom is -0.367 e. The van der Waals surface area contributed by atoms with Crippen LogP contribution in [0.1, 0.15) is 36.5 Å². The Morgan fingerprint density at radius 2 is 1.93 bits per heavy atom. The van der Waals surface area contributed by atoms with Gasteiger partial charge in [0, 0.05) is 22.7 Å². The van der Waals surface area contributed by atoms with E-state index >= 15 is 0 Å². The van der Waals surface area contributed by atoms with Gasteiger partial charge in [0.1, 0.15) is 11.6 Å². The molecule has 3 unspecified atom stereocenters. The minimum atomic E-state index is -0.322. The number of hydrogen-bond donors (Lipinski definition) is 2. The molecule has 1 aromatic carbocycles.